The average Bonchev–Trinajstić information content (AvgIpc) is 3.77. The molecule has 0 spiro atoms. The SMILES string of the molecule is CCCCC1(CCC(C)C)c2ccccc2-c2ccc(-c3ccc4c(c3)C(C)(C)c3cc(-c5ccc6c(c5)C(CCC(C)C)(CCC(C)C)c5cc(Br)ccc5-6)ccc3-4)cc21. The van der Waals surface area contributed by atoms with Crippen LogP contribution in [0.2, 0.25) is 0 Å². The maximum atomic E-state index is 3.88. The molecule has 0 heterocycles. The number of unbranched alkanes of at least 4 members (excludes halogenated alkanes) is 1. The van der Waals surface area contributed by atoms with Gasteiger partial charge in [-0.05, 0) is 188 Å². The van der Waals surface area contributed by atoms with Crippen molar-refractivity contribution >= 4 is 15.9 Å². The first-order valence-corrected chi connectivity index (χ1v) is 24.6. The lowest BCUT2D eigenvalue weighted by atomic mass is 9.69. The fraction of sp³-hybridized carbons (Fsp3) is 0.400. The zero-order chi connectivity index (χ0) is 42.8. The van der Waals surface area contributed by atoms with E-state index in [2.05, 4.69) is 194 Å². The first-order valence-electron chi connectivity index (χ1n) is 23.8. The Labute approximate surface area is 376 Å². The number of rotatable bonds is 14. The molecule has 0 aromatic heterocycles. The summed E-state index contributed by atoms with van der Waals surface area (Å²) in [7, 11) is 0. The van der Waals surface area contributed by atoms with Crippen LogP contribution in [0.1, 0.15) is 153 Å². The molecule has 0 bridgehead atoms. The van der Waals surface area contributed by atoms with Gasteiger partial charge in [0.25, 0.3) is 0 Å². The minimum atomic E-state index is -0.122. The van der Waals surface area contributed by atoms with E-state index in [4.69, 9.17) is 0 Å². The van der Waals surface area contributed by atoms with E-state index in [9.17, 15) is 0 Å². The third-order valence-electron chi connectivity index (χ3n) is 15.3. The quantitative estimate of drug-likeness (QED) is 0.102. The largest absolute Gasteiger partial charge is 0.0654 e. The van der Waals surface area contributed by atoms with Crippen LogP contribution < -0.4 is 0 Å². The highest BCUT2D eigenvalue weighted by molar-refractivity contribution is 9.10. The number of halogens is 1. The van der Waals surface area contributed by atoms with Crippen LogP contribution in [0, 0.1) is 17.8 Å². The molecule has 0 fully saturated rings. The molecule has 0 nitrogen and oxygen atoms in total. The molecule has 0 radical (unpaired) electrons. The van der Waals surface area contributed by atoms with E-state index in [0.29, 0.717) is 17.8 Å². The lowest BCUT2D eigenvalue weighted by molar-refractivity contribution is 0.364. The molecule has 0 amide bonds. The fourth-order valence-corrected chi connectivity index (χ4v) is 12.2. The van der Waals surface area contributed by atoms with Gasteiger partial charge in [0.2, 0.25) is 0 Å². The molecule has 9 rings (SSSR count). The summed E-state index contributed by atoms with van der Waals surface area (Å²) in [5.74, 6) is 2.00. The maximum absolute atomic E-state index is 3.88. The van der Waals surface area contributed by atoms with Crippen LogP contribution in [0.25, 0.3) is 55.6 Å². The summed E-state index contributed by atoms with van der Waals surface area (Å²) in [5.41, 5.74) is 22.9. The third kappa shape index (κ3) is 7.10. The van der Waals surface area contributed by atoms with Gasteiger partial charge >= 0.3 is 0 Å². The highest BCUT2D eigenvalue weighted by atomic mass is 79.9. The van der Waals surface area contributed by atoms with Crippen LogP contribution in [0.3, 0.4) is 0 Å². The van der Waals surface area contributed by atoms with Crippen molar-refractivity contribution in [1.82, 2.24) is 0 Å². The van der Waals surface area contributed by atoms with Crippen LogP contribution in [-0.2, 0) is 16.2 Å². The number of hydrogen-bond donors (Lipinski definition) is 0. The number of fused-ring (bicyclic) bond motifs is 9. The van der Waals surface area contributed by atoms with Crippen molar-refractivity contribution in [1.29, 1.82) is 0 Å². The molecule has 0 saturated carbocycles. The molecular formula is C60H67Br. The summed E-state index contributed by atoms with van der Waals surface area (Å²) in [6, 6.07) is 45.9. The van der Waals surface area contributed by atoms with Crippen molar-refractivity contribution in [3.63, 3.8) is 0 Å². The van der Waals surface area contributed by atoms with E-state index in [0.717, 1.165) is 0 Å². The van der Waals surface area contributed by atoms with Crippen molar-refractivity contribution in [2.24, 2.45) is 17.8 Å². The minimum Gasteiger partial charge on any atom is -0.0654 e. The van der Waals surface area contributed by atoms with Crippen molar-refractivity contribution in [2.75, 3.05) is 0 Å². The van der Waals surface area contributed by atoms with Crippen LogP contribution in [0.15, 0.2) is 120 Å². The summed E-state index contributed by atoms with van der Waals surface area (Å²) < 4.78 is 1.18. The Morgan fingerprint density at radius 2 is 0.770 bits per heavy atom. The molecule has 3 aliphatic carbocycles. The Balaban J connectivity index is 1.09. The van der Waals surface area contributed by atoms with E-state index >= 15 is 0 Å². The van der Waals surface area contributed by atoms with Crippen LogP contribution in [0.5, 0.6) is 0 Å². The van der Waals surface area contributed by atoms with Crippen molar-refractivity contribution in [2.45, 2.75) is 136 Å². The molecule has 0 aliphatic heterocycles. The van der Waals surface area contributed by atoms with E-state index in [-0.39, 0.29) is 16.2 Å². The second kappa shape index (κ2) is 16.2. The average molecular weight is 868 g/mol. The second-order valence-electron chi connectivity index (χ2n) is 21.0. The fourth-order valence-electron chi connectivity index (χ4n) is 11.8. The Kier molecular flexibility index (Phi) is 11.2. The van der Waals surface area contributed by atoms with Crippen molar-refractivity contribution in [3.8, 4) is 55.6 Å². The van der Waals surface area contributed by atoms with Gasteiger partial charge in [-0.2, -0.15) is 0 Å². The molecule has 61 heavy (non-hydrogen) atoms. The predicted molar refractivity (Wildman–Crippen MR) is 267 cm³/mol. The monoisotopic (exact) mass is 866 g/mol. The van der Waals surface area contributed by atoms with Gasteiger partial charge in [-0.15, -0.1) is 0 Å². The Morgan fingerprint density at radius 3 is 1.21 bits per heavy atom. The van der Waals surface area contributed by atoms with Crippen LogP contribution >= 0.6 is 15.9 Å². The topological polar surface area (TPSA) is 0 Å². The van der Waals surface area contributed by atoms with Gasteiger partial charge in [-0.1, -0.05) is 170 Å². The van der Waals surface area contributed by atoms with Crippen molar-refractivity contribution in [3.05, 3.63) is 153 Å². The van der Waals surface area contributed by atoms with E-state index in [1.165, 1.54) is 140 Å². The molecule has 1 atom stereocenters. The zero-order valence-electron chi connectivity index (χ0n) is 38.4. The van der Waals surface area contributed by atoms with Crippen LogP contribution in [-0.4, -0.2) is 0 Å². The standard InChI is InChI=1S/C60H67Br/c1-10-11-29-59(30-26-38(2)3)52-15-13-12-14-46(52)49-23-18-43(35-55(49)59)41-16-21-47-48-22-17-42(34-54(48)58(8,9)53(47)33-41)44-19-24-50-51-25-20-45(61)37-57(51)60(56(50)36-44,31-27-39(4)5)32-28-40(6)7/h12-25,33-40H,10-11,26-32H2,1-9H3. The summed E-state index contributed by atoms with van der Waals surface area (Å²) in [4.78, 5) is 0. The minimum absolute atomic E-state index is 0.0199. The smallest absolute Gasteiger partial charge is 0.0216 e. The summed E-state index contributed by atoms with van der Waals surface area (Å²) in [5, 5.41) is 0. The van der Waals surface area contributed by atoms with Gasteiger partial charge in [-0.3, -0.25) is 0 Å². The first-order chi connectivity index (χ1) is 29.3. The van der Waals surface area contributed by atoms with Gasteiger partial charge in [0, 0.05) is 20.7 Å². The summed E-state index contributed by atoms with van der Waals surface area (Å²) in [6.07, 6.45) is 10.9. The molecule has 1 heteroatoms. The number of hydrogen-bond acceptors (Lipinski definition) is 0. The molecule has 1 unspecified atom stereocenters. The Bertz CT molecular complexity index is 2600. The zero-order valence-corrected chi connectivity index (χ0v) is 40.0. The van der Waals surface area contributed by atoms with E-state index in [1.807, 2.05) is 0 Å². The van der Waals surface area contributed by atoms with E-state index < -0.39 is 0 Å². The van der Waals surface area contributed by atoms with Gasteiger partial charge in [0.05, 0.1) is 0 Å². The van der Waals surface area contributed by atoms with Gasteiger partial charge in [-0.25, -0.2) is 0 Å². The third-order valence-corrected chi connectivity index (χ3v) is 15.8. The maximum Gasteiger partial charge on any atom is 0.0216 e. The highest BCUT2D eigenvalue weighted by Gasteiger charge is 2.44. The molecule has 6 aromatic carbocycles. The molecule has 3 aliphatic rings. The van der Waals surface area contributed by atoms with Gasteiger partial charge in [0.15, 0.2) is 0 Å². The normalized spacial score (nSPS) is 17.4. The van der Waals surface area contributed by atoms with Gasteiger partial charge < -0.3 is 0 Å². The Hall–Kier alpha value is -4.20. The highest BCUT2D eigenvalue weighted by Crippen LogP contribution is 2.58. The molecule has 0 N–H and O–H groups in total. The lowest BCUT2D eigenvalue weighted by Gasteiger charge is -2.34. The number of benzene rings is 6. The molecular weight excluding hydrogens is 801 g/mol. The Morgan fingerprint density at radius 1 is 0.410 bits per heavy atom. The van der Waals surface area contributed by atoms with E-state index in [1.54, 1.807) is 11.1 Å². The molecule has 6 aromatic rings. The first kappa shape index (κ1) is 42.1. The summed E-state index contributed by atoms with van der Waals surface area (Å²) >= 11 is 3.88. The second-order valence-corrected chi connectivity index (χ2v) is 21.9. The van der Waals surface area contributed by atoms with Crippen LogP contribution in [0.4, 0.5) is 0 Å². The molecule has 0 saturated heterocycles. The van der Waals surface area contributed by atoms with Crippen molar-refractivity contribution < 1.29 is 0 Å². The summed E-state index contributed by atoms with van der Waals surface area (Å²) in [6.45, 7) is 21.6. The molecule has 314 valence electrons. The van der Waals surface area contributed by atoms with Gasteiger partial charge in [0.1, 0.15) is 0 Å². The predicted octanol–water partition coefficient (Wildman–Crippen LogP) is 18.1. The lowest BCUT2D eigenvalue weighted by Crippen LogP contribution is -2.27.